The number of nitrogens with zero attached hydrogens (tertiary/aromatic N) is 5. The first-order chi connectivity index (χ1) is 30.8. The smallest absolute Gasteiger partial charge is 0.115 e. The summed E-state index contributed by atoms with van der Waals surface area (Å²) in [4.78, 5) is 19.8. The van der Waals surface area contributed by atoms with E-state index in [0.29, 0.717) is 0 Å². The van der Waals surface area contributed by atoms with Gasteiger partial charge in [0.05, 0.1) is 0 Å². The first kappa shape index (κ1) is 67.5. The van der Waals surface area contributed by atoms with Gasteiger partial charge in [-0.1, -0.05) is 150 Å². The number of aromatic nitrogens is 5. The lowest BCUT2D eigenvalue weighted by Crippen LogP contribution is -1.85. The number of hydrogen-bond donors (Lipinski definition) is 0. The second kappa shape index (κ2) is 46.9. The highest BCUT2D eigenvalue weighted by molar-refractivity contribution is 5.83. The van der Waals surface area contributed by atoms with Gasteiger partial charge in [-0.3, -0.25) is 15.0 Å². The second-order valence-corrected chi connectivity index (χ2v) is 13.0. The minimum absolute atomic E-state index is 1.06. The SMILES string of the molecule is CC.CC.CC.CC.CC.CC.Cc1cc2ccccc2cc1C.Cc1ccccc1C.Cc1cccnc1C.Cc1ccncc1C.Cc1ccncc1C.Cc1cncnc1C. The van der Waals surface area contributed by atoms with Crippen molar-refractivity contribution >= 4 is 10.8 Å². The van der Waals surface area contributed by atoms with Crippen LogP contribution in [0.15, 0.2) is 128 Å². The minimum Gasteiger partial charge on any atom is -0.264 e. The molecule has 0 bridgehead atoms. The van der Waals surface area contributed by atoms with Crippen LogP contribution in [-0.4, -0.2) is 24.9 Å². The van der Waals surface area contributed by atoms with Crippen LogP contribution in [0.4, 0.5) is 0 Å². The molecule has 4 aromatic heterocycles. The topological polar surface area (TPSA) is 64.5 Å². The monoisotopic (exact) mass is 872 g/mol. The average molecular weight is 872 g/mol. The summed E-state index contributed by atoms with van der Waals surface area (Å²) in [6, 6.07) is 29.3. The lowest BCUT2D eigenvalue weighted by atomic mass is 10.0. The summed E-state index contributed by atoms with van der Waals surface area (Å²) in [7, 11) is 0. The van der Waals surface area contributed by atoms with Crippen molar-refractivity contribution in [3.8, 4) is 0 Å². The Kier molecular flexibility index (Phi) is 49.5. The second-order valence-electron chi connectivity index (χ2n) is 13.0. The van der Waals surface area contributed by atoms with E-state index in [1.807, 2.05) is 159 Å². The summed E-state index contributed by atoms with van der Waals surface area (Å²) in [5.41, 5.74) is 15.2. The van der Waals surface area contributed by atoms with Crippen molar-refractivity contribution in [2.75, 3.05) is 0 Å². The van der Waals surface area contributed by atoms with Crippen LogP contribution >= 0.6 is 0 Å². The Bertz CT molecular complexity index is 1690. The molecule has 0 fully saturated rings. The van der Waals surface area contributed by atoms with E-state index in [1.54, 1.807) is 6.33 Å². The van der Waals surface area contributed by atoms with E-state index < -0.39 is 0 Å². The van der Waals surface area contributed by atoms with Crippen molar-refractivity contribution in [1.29, 1.82) is 0 Å². The van der Waals surface area contributed by atoms with E-state index in [9.17, 15) is 0 Å². The quantitative estimate of drug-likeness (QED) is 0.152. The van der Waals surface area contributed by atoms with Crippen LogP contribution < -0.4 is 0 Å². The Morgan fingerprint density at radius 1 is 0.266 bits per heavy atom. The van der Waals surface area contributed by atoms with Crippen molar-refractivity contribution in [3.05, 3.63) is 195 Å². The van der Waals surface area contributed by atoms with Crippen molar-refractivity contribution in [1.82, 2.24) is 24.9 Å². The fourth-order valence-electron chi connectivity index (χ4n) is 4.24. The molecule has 5 nitrogen and oxygen atoms in total. The highest BCUT2D eigenvalue weighted by Crippen LogP contribution is 2.18. The maximum Gasteiger partial charge on any atom is 0.115 e. The summed E-state index contributed by atoms with van der Waals surface area (Å²) in [5, 5.41) is 2.67. The highest BCUT2D eigenvalue weighted by Gasteiger charge is 1.95. The normalized spacial score (nSPS) is 8.31. The third-order valence-corrected chi connectivity index (χ3v) is 8.82. The fourth-order valence-corrected chi connectivity index (χ4v) is 4.24. The molecule has 0 spiro atoms. The molecule has 0 aliphatic heterocycles. The minimum atomic E-state index is 1.06. The number of hydrogen-bond acceptors (Lipinski definition) is 5. The van der Waals surface area contributed by atoms with Crippen LogP contribution in [0.1, 0.15) is 150 Å². The zero-order chi connectivity index (χ0) is 50.5. The molecule has 354 valence electrons. The van der Waals surface area contributed by atoms with Crippen LogP contribution in [0.25, 0.3) is 10.8 Å². The Morgan fingerprint density at radius 2 is 0.594 bits per heavy atom. The molecule has 0 atom stereocenters. The van der Waals surface area contributed by atoms with Gasteiger partial charge in [-0.15, -0.1) is 0 Å². The largest absolute Gasteiger partial charge is 0.264 e. The molecule has 3 aromatic carbocycles. The van der Waals surface area contributed by atoms with E-state index in [-0.39, 0.29) is 0 Å². The lowest BCUT2D eigenvalue weighted by Gasteiger charge is -2.02. The van der Waals surface area contributed by atoms with Gasteiger partial charge in [-0.25, -0.2) is 9.97 Å². The number of fused-ring (bicyclic) bond motifs is 1. The number of aryl methyl sites for hydroxylation is 12. The zero-order valence-electron chi connectivity index (χ0n) is 45.4. The third-order valence-electron chi connectivity index (χ3n) is 8.82. The van der Waals surface area contributed by atoms with E-state index in [1.165, 1.54) is 60.8 Å². The molecule has 5 heteroatoms. The van der Waals surface area contributed by atoms with Crippen LogP contribution in [-0.2, 0) is 0 Å². The van der Waals surface area contributed by atoms with Crippen molar-refractivity contribution in [2.45, 2.75) is 166 Å². The first-order valence-electron chi connectivity index (χ1n) is 23.6. The van der Waals surface area contributed by atoms with Crippen molar-refractivity contribution < 1.29 is 0 Å². The average Bonchev–Trinajstić information content (AvgIpc) is 3.34. The molecule has 0 aliphatic carbocycles. The number of pyridine rings is 3. The summed E-state index contributed by atoms with van der Waals surface area (Å²) < 4.78 is 0. The van der Waals surface area contributed by atoms with E-state index in [0.717, 1.165) is 17.0 Å². The van der Waals surface area contributed by atoms with Gasteiger partial charge in [-0.05, 0) is 168 Å². The maximum absolute atomic E-state index is 4.08. The molecule has 7 rings (SSSR count). The van der Waals surface area contributed by atoms with Crippen LogP contribution in [0.2, 0.25) is 0 Å². The number of rotatable bonds is 0. The van der Waals surface area contributed by atoms with Crippen LogP contribution in [0.5, 0.6) is 0 Å². The molecule has 0 saturated carbocycles. The Hall–Kier alpha value is -5.55. The van der Waals surface area contributed by atoms with Gasteiger partial charge in [0.25, 0.3) is 0 Å². The Balaban J connectivity index is -0.000000209. The highest BCUT2D eigenvalue weighted by atomic mass is 14.8. The molecule has 64 heavy (non-hydrogen) atoms. The van der Waals surface area contributed by atoms with Crippen molar-refractivity contribution in [2.24, 2.45) is 0 Å². The predicted molar refractivity (Wildman–Crippen MR) is 290 cm³/mol. The predicted octanol–water partition coefficient (Wildman–Crippen LogP) is 18.1. The summed E-state index contributed by atoms with van der Waals surface area (Å²) in [5.74, 6) is 0. The first-order valence-corrected chi connectivity index (χ1v) is 23.6. The molecule has 0 unspecified atom stereocenters. The molecular formula is C59H93N5. The summed E-state index contributed by atoms with van der Waals surface area (Å²) in [6.45, 7) is 48.9. The molecule has 0 amide bonds. The molecular weight excluding hydrogens is 779 g/mol. The van der Waals surface area contributed by atoms with Crippen molar-refractivity contribution in [3.63, 3.8) is 0 Å². The zero-order valence-corrected chi connectivity index (χ0v) is 45.4. The van der Waals surface area contributed by atoms with E-state index in [4.69, 9.17) is 0 Å². The molecule has 0 saturated heterocycles. The van der Waals surface area contributed by atoms with E-state index in [2.05, 4.69) is 154 Å². The van der Waals surface area contributed by atoms with Gasteiger partial charge in [-0.2, -0.15) is 0 Å². The molecule has 7 aromatic rings. The Labute approximate surface area is 395 Å². The molecule has 0 N–H and O–H groups in total. The number of benzene rings is 3. The Morgan fingerprint density at radius 3 is 0.844 bits per heavy atom. The molecule has 0 aliphatic rings. The van der Waals surface area contributed by atoms with Crippen LogP contribution in [0, 0.1) is 83.1 Å². The standard InChI is InChI=1S/C12H12.C8H10.3C7H9N.C6H8N2.6C2H6/c1-9-7-11-5-3-4-6-12(11)8-10(9)2;1-7-5-3-4-6-8(7)2;2*1-6-3-4-8-5-7(6)2;1-6-4-3-5-8-7(6)2;1-5-3-7-4-8-6(5)2;6*1-2/h3-8H,1-2H3;3-6H,1-2H3;3*3-5H,1-2H3;3-4H,1-2H3;6*1-2H3. The lowest BCUT2D eigenvalue weighted by molar-refractivity contribution is 1.06. The molecule has 0 radical (unpaired) electrons. The van der Waals surface area contributed by atoms with Gasteiger partial charge < -0.3 is 0 Å². The van der Waals surface area contributed by atoms with Gasteiger partial charge in [0.2, 0.25) is 0 Å². The van der Waals surface area contributed by atoms with Gasteiger partial charge >= 0.3 is 0 Å². The summed E-state index contributed by atoms with van der Waals surface area (Å²) >= 11 is 0. The maximum atomic E-state index is 4.08. The van der Waals surface area contributed by atoms with Gasteiger partial charge in [0.1, 0.15) is 6.33 Å². The van der Waals surface area contributed by atoms with Gasteiger partial charge in [0.15, 0.2) is 0 Å². The van der Waals surface area contributed by atoms with Crippen LogP contribution in [0.3, 0.4) is 0 Å². The molecule has 4 heterocycles. The fraction of sp³-hybridized carbons (Fsp3) is 0.407. The van der Waals surface area contributed by atoms with E-state index >= 15 is 0 Å². The third kappa shape index (κ3) is 33.1. The summed E-state index contributed by atoms with van der Waals surface area (Å²) in [6.07, 6.45) is 12.5. The van der Waals surface area contributed by atoms with Gasteiger partial charge in [0, 0.05) is 48.6 Å².